The summed E-state index contributed by atoms with van der Waals surface area (Å²) in [5.74, 6) is -0.591. The molecule has 0 heterocycles. The molecule has 1 aromatic carbocycles. The first-order valence-electron chi connectivity index (χ1n) is 6.20. The van der Waals surface area contributed by atoms with Crippen LogP contribution in [-0.4, -0.2) is 29.1 Å². The van der Waals surface area contributed by atoms with Gasteiger partial charge < -0.3 is 10.5 Å². The van der Waals surface area contributed by atoms with Gasteiger partial charge in [-0.1, -0.05) is 18.2 Å². The van der Waals surface area contributed by atoms with Crippen molar-refractivity contribution in [2.45, 2.75) is 13.8 Å². The first kappa shape index (κ1) is 16.6. The quantitative estimate of drug-likeness (QED) is 0.316. The van der Waals surface area contributed by atoms with E-state index >= 15 is 0 Å². The fourth-order valence-corrected chi connectivity index (χ4v) is 1.34. The maximum absolute atomic E-state index is 11.9. The van der Waals surface area contributed by atoms with Gasteiger partial charge in [0, 0.05) is 0 Å². The maximum atomic E-state index is 11.9. The molecule has 0 saturated heterocycles. The molecule has 1 rings (SSSR count). The van der Waals surface area contributed by atoms with Gasteiger partial charge in [-0.25, -0.2) is 4.79 Å². The average Bonchev–Trinajstić information content (AvgIpc) is 2.46. The number of thiocarbonyl (C=S) groups is 1. The van der Waals surface area contributed by atoms with E-state index < -0.39 is 5.97 Å². The Labute approximate surface area is 128 Å². The molecule has 4 N–H and O–H groups in total. The Kier molecular flexibility index (Phi) is 6.82. The number of nitrogens with one attached hydrogen (secondary N) is 2. The van der Waals surface area contributed by atoms with E-state index in [0.717, 1.165) is 5.69 Å². The topological polar surface area (TPSA) is 101 Å². The summed E-state index contributed by atoms with van der Waals surface area (Å²) in [4.78, 5) is 11.9. The standard InChI is InChI=1S/C13H17N5O2S/c1-3-20-12(19)11(9(2)15-18-13(14)21)17-16-10-7-5-4-6-8-10/h4-8,16H,3H2,1-2H3,(H3,14,18,21)/b15-9+,17-11-. The molecule has 7 nitrogen and oxygen atoms in total. The molecule has 8 heteroatoms. The number of carbonyl (C=O) groups excluding carboxylic acids is 1. The lowest BCUT2D eigenvalue weighted by Crippen LogP contribution is -2.30. The molecule has 0 bridgehead atoms. The Morgan fingerprint density at radius 2 is 2.00 bits per heavy atom. The molecule has 0 radical (unpaired) electrons. The number of hydrogen-bond acceptors (Lipinski definition) is 6. The Morgan fingerprint density at radius 3 is 2.57 bits per heavy atom. The second kappa shape index (κ2) is 8.64. The van der Waals surface area contributed by atoms with Gasteiger partial charge in [0.2, 0.25) is 0 Å². The highest BCUT2D eigenvalue weighted by Gasteiger charge is 2.17. The van der Waals surface area contributed by atoms with Crippen molar-refractivity contribution >= 4 is 40.4 Å². The van der Waals surface area contributed by atoms with E-state index in [1.54, 1.807) is 13.8 Å². The number of para-hydroxylation sites is 1. The van der Waals surface area contributed by atoms with Crippen LogP contribution in [0.3, 0.4) is 0 Å². The number of anilines is 1. The zero-order valence-electron chi connectivity index (χ0n) is 11.8. The van der Waals surface area contributed by atoms with Crippen LogP contribution < -0.4 is 16.6 Å². The third kappa shape index (κ3) is 6.00. The summed E-state index contributed by atoms with van der Waals surface area (Å²) >= 11 is 4.65. The van der Waals surface area contributed by atoms with E-state index in [4.69, 9.17) is 10.5 Å². The molecule has 0 atom stereocenters. The molecule has 0 spiro atoms. The molecule has 0 unspecified atom stereocenters. The molecule has 0 amide bonds. The minimum absolute atomic E-state index is 0.00595. The second-order valence-corrected chi connectivity index (χ2v) is 4.27. The van der Waals surface area contributed by atoms with Crippen molar-refractivity contribution in [1.82, 2.24) is 5.43 Å². The van der Waals surface area contributed by atoms with Gasteiger partial charge in [-0.05, 0) is 38.2 Å². The van der Waals surface area contributed by atoms with Gasteiger partial charge in [-0.15, -0.1) is 0 Å². The smallest absolute Gasteiger partial charge is 0.360 e. The number of ether oxygens (including phenoxy) is 1. The van der Waals surface area contributed by atoms with Crippen LogP contribution in [0.15, 0.2) is 40.5 Å². The van der Waals surface area contributed by atoms with Crippen LogP contribution in [0.25, 0.3) is 0 Å². The number of hydrazone groups is 2. The predicted octanol–water partition coefficient (Wildman–Crippen LogP) is 1.23. The zero-order valence-corrected chi connectivity index (χ0v) is 12.6. The van der Waals surface area contributed by atoms with Crippen LogP contribution in [-0.2, 0) is 9.53 Å². The number of nitrogens with zero attached hydrogens (tertiary/aromatic N) is 2. The lowest BCUT2D eigenvalue weighted by Gasteiger charge is -2.07. The molecule has 0 fully saturated rings. The van der Waals surface area contributed by atoms with Crippen LogP contribution in [0.2, 0.25) is 0 Å². The number of rotatable bonds is 6. The largest absolute Gasteiger partial charge is 0.461 e. The fraction of sp³-hybridized carbons (Fsp3) is 0.231. The number of carbonyl (C=O) groups is 1. The van der Waals surface area contributed by atoms with Crippen molar-refractivity contribution in [3.8, 4) is 0 Å². The molecule has 0 aliphatic heterocycles. The molecule has 0 saturated carbocycles. The van der Waals surface area contributed by atoms with Gasteiger partial charge in [0.05, 0.1) is 18.0 Å². The molecular formula is C13H17N5O2S. The summed E-state index contributed by atoms with van der Waals surface area (Å²) in [7, 11) is 0. The van der Waals surface area contributed by atoms with E-state index in [2.05, 4.69) is 33.3 Å². The van der Waals surface area contributed by atoms with E-state index in [9.17, 15) is 4.79 Å². The lowest BCUT2D eigenvalue weighted by molar-refractivity contribution is -0.134. The molecule has 0 aromatic heterocycles. The lowest BCUT2D eigenvalue weighted by atomic mass is 10.2. The molecular weight excluding hydrogens is 290 g/mol. The fourth-order valence-electron chi connectivity index (χ4n) is 1.30. The molecule has 0 aliphatic carbocycles. The summed E-state index contributed by atoms with van der Waals surface area (Å²) in [5.41, 5.74) is 11.5. The van der Waals surface area contributed by atoms with Gasteiger partial charge in [0.25, 0.3) is 0 Å². The highest BCUT2D eigenvalue weighted by Crippen LogP contribution is 2.05. The third-order valence-corrected chi connectivity index (χ3v) is 2.31. The summed E-state index contributed by atoms with van der Waals surface area (Å²) < 4.78 is 4.94. The summed E-state index contributed by atoms with van der Waals surface area (Å²) in [5, 5.41) is 7.89. The van der Waals surface area contributed by atoms with Gasteiger partial charge >= 0.3 is 5.97 Å². The van der Waals surface area contributed by atoms with Crippen molar-refractivity contribution in [1.29, 1.82) is 0 Å². The first-order valence-corrected chi connectivity index (χ1v) is 6.61. The maximum Gasteiger partial charge on any atom is 0.360 e. The Balaban J connectivity index is 2.93. The molecule has 21 heavy (non-hydrogen) atoms. The van der Waals surface area contributed by atoms with E-state index in [1.807, 2.05) is 30.3 Å². The SMILES string of the molecule is CCOC(=O)C(=N\Nc1ccccc1)/C(C)=N/NC(N)=S. The summed E-state index contributed by atoms with van der Waals surface area (Å²) in [6.45, 7) is 3.53. The van der Waals surface area contributed by atoms with Gasteiger partial charge in [-0.2, -0.15) is 10.2 Å². The van der Waals surface area contributed by atoms with Crippen LogP contribution in [0.5, 0.6) is 0 Å². The van der Waals surface area contributed by atoms with Crippen molar-refractivity contribution in [2.24, 2.45) is 15.9 Å². The van der Waals surface area contributed by atoms with Crippen LogP contribution in [0.1, 0.15) is 13.8 Å². The van der Waals surface area contributed by atoms with Gasteiger partial charge in [0.15, 0.2) is 10.8 Å². The number of esters is 1. The van der Waals surface area contributed by atoms with Crippen LogP contribution in [0.4, 0.5) is 5.69 Å². The third-order valence-electron chi connectivity index (χ3n) is 2.22. The van der Waals surface area contributed by atoms with Crippen LogP contribution >= 0.6 is 12.2 Å². The second-order valence-electron chi connectivity index (χ2n) is 3.83. The average molecular weight is 307 g/mol. The highest BCUT2D eigenvalue weighted by molar-refractivity contribution is 7.80. The van der Waals surface area contributed by atoms with E-state index in [-0.39, 0.29) is 17.4 Å². The zero-order chi connectivity index (χ0) is 15.7. The van der Waals surface area contributed by atoms with E-state index in [1.165, 1.54) is 0 Å². The summed E-state index contributed by atoms with van der Waals surface area (Å²) in [6.07, 6.45) is 0. The van der Waals surface area contributed by atoms with Crippen molar-refractivity contribution in [3.63, 3.8) is 0 Å². The Morgan fingerprint density at radius 1 is 1.33 bits per heavy atom. The molecule has 1 aromatic rings. The molecule has 112 valence electrons. The minimum atomic E-state index is -0.591. The van der Waals surface area contributed by atoms with Crippen molar-refractivity contribution in [2.75, 3.05) is 12.0 Å². The summed E-state index contributed by atoms with van der Waals surface area (Å²) in [6, 6.07) is 9.19. The Bertz CT molecular complexity index is 557. The normalized spacial score (nSPS) is 11.7. The van der Waals surface area contributed by atoms with Gasteiger partial charge in [-0.3, -0.25) is 10.9 Å². The number of hydrogen-bond donors (Lipinski definition) is 3. The van der Waals surface area contributed by atoms with Crippen molar-refractivity contribution in [3.05, 3.63) is 30.3 Å². The number of nitrogens with two attached hydrogens (primary N) is 1. The Hall–Kier alpha value is -2.48. The molecule has 0 aliphatic rings. The van der Waals surface area contributed by atoms with Crippen LogP contribution in [0, 0.1) is 0 Å². The number of benzene rings is 1. The predicted molar refractivity (Wildman–Crippen MR) is 87.2 cm³/mol. The van der Waals surface area contributed by atoms with Crippen molar-refractivity contribution < 1.29 is 9.53 Å². The van der Waals surface area contributed by atoms with E-state index in [0.29, 0.717) is 5.71 Å². The monoisotopic (exact) mass is 307 g/mol. The minimum Gasteiger partial charge on any atom is -0.461 e. The first-order chi connectivity index (χ1) is 10.0. The highest BCUT2D eigenvalue weighted by atomic mass is 32.1. The van der Waals surface area contributed by atoms with Gasteiger partial charge in [0.1, 0.15) is 0 Å².